The average Bonchev–Trinajstić information content (AvgIpc) is 2.85. The van der Waals surface area contributed by atoms with E-state index in [9.17, 15) is 10.2 Å². The van der Waals surface area contributed by atoms with Crippen molar-refractivity contribution in [3.8, 4) is 0 Å². The first kappa shape index (κ1) is 38.5. The molecule has 0 amide bonds. The average molecular weight is 569 g/mol. The van der Waals surface area contributed by atoms with Gasteiger partial charge in [-0.2, -0.15) is 0 Å². The summed E-state index contributed by atoms with van der Waals surface area (Å²) >= 11 is 0. The third-order valence-corrected chi connectivity index (χ3v) is 5.86. The highest BCUT2D eigenvalue weighted by molar-refractivity contribution is 5.32. The Labute approximate surface area is 258 Å². The topological polar surface area (TPSA) is 40.5 Å². The summed E-state index contributed by atoms with van der Waals surface area (Å²) in [6.07, 6.45) is 37.4. The fraction of sp³-hybridized carbons (Fsp3) is 0.350. The molecule has 0 aliphatic rings. The van der Waals surface area contributed by atoms with Crippen molar-refractivity contribution in [2.75, 3.05) is 0 Å². The first-order valence-corrected chi connectivity index (χ1v) is 14.8. The Kier molecular flexibility index (Phi) is 21.2. The van der Waals surface area contributed by atoms with Crippen molar-refractivity contribution in [3.05, 3.63) is 154 Å². The summed E-state index contributed by atoms with van der Waals surface area (Å²) in [5, 5.41) is 20.0. The van der Waals surface area contributed by atoms with Crippen LogP contribution < -0.4 is 0 Å². The Balaban J connectivity index is 4.80. The van der Waals surface area contributed by atoms with Crippen LogP contribution in [0.5, 0.6) is 0 Å². The van der Waals surface area contributed by atoms with Gasteiger partial charge in [-0.1, -0.05) is 154 Å². The van der Waals surface area contributed by atoms with Crippen molar-refractivity contribution in [1.82, 2.24) is 0 Å². The Morgan fingerprint density at radius 3 is 0.952 bits per heavy atom. The highest BCUT2D eigenvalue weighted by Crippen LogP contribution is 2.10. The molecule has 0 saturated carbocycles. The van der Waals surface area contributed by atoms with Crippen LogP contribution in [0.4, 0.5) is 0 Å². The molecule has 228 valence electrons. The number of rotatable bonds is 16. The maximum absolute atomic E-state index is 10.0. The highest BCUT2D eigenvalue weighted by atomic mass is 16.3. The SMILES string of the molecule is CC(C)=CC(O)C/C(C)=C/C=C/C(C)=C/C=C/C(C)=C/C=C/C=C(C)/C=C/C=C(C)/C=C/C=C(\C)CC(O)C=C(C)C. The molecule has 0 heterocycles. The number of aliphatic hydroxyl groups is 2. The Morgan fingerprint density at radius 2 is 0.667 bits per heavy atom. The van der Waals surface area contributed by atoms with Gasteiger partial charge in [0, 0.05) is 0 Å². The van der Waals surface area contributed by atoms with Crippen molar-refractivity contribution >= 4 is 0 Å². The third kappa shape index (κ3) is 24.3. The Bertz CT molecular complexity index is 1120. The van der Waals surface area contributed by atoms with Gasteiger partial charge in [-0.25, -0.2) is 0 Å². The lowest BCUT2D eigenvalue weighted by Crippen LogP contribution is -2.02. The van der Waals surface area contributed by atoms with Crippen LogP contribution in [-0.4, -0.2) is 22.4 Å². The van der Waals surface area contributed by atoms with Crippen LogP contribution in [-0.2, 0) is 0 Å². The van der Waals surface area contributed by atoms with E-state index in [0.717, 1.165) is 33.4 Å². The number of hydrogen-bond donors (Lipinski definition) is 2. The molecule has 2 nitrogen and oxygen atoms in total. The van der Waals surface area contributed by atoms with Crippen LogP contribution in [0.1, 0.15) is 82.1 Å². The van der Waals surface area contributed by atoms with Gasteiger partial charge < -0.3 is 10.2 Å². The zero-order valence-electron chi connectivity index (χ0n) is 27.9. The molecule has 0 aliphatic carbocycles. The largest absolute Gasteiger partial charge is 0.389 e. The zero-order valence-corrected chi connectivity index (χ0v) is 27.9. The summed E-state index contributed by atoms with van der Waals surface area (Å²) in [6, 6.07) is 0. The van der Waals surface area contributed by atoms with Gasteiger partial charge in [0.2, 0.25) is 0 Å². The molecular weight excluding hydrogens is 512 g/mol. The van der Waals surface area contributed by atoms with Gasteiger partial charge in [-0.3, -0.25) is 0 Å². The number of hydrogen-bond acceptors (Lipinski definition) is 2. The van der Waals surface area contributed by atoms with E-state index in [0.29, 0.717) is 12.8 Å². The summed E-state index contributed by atoms with van der Waals surface area (Å²) in [5.41, 5.74) is 9.23. The molecule has 0 bridgehead atoms. The molecule has 0 aliphatic heterocycles. The van der Waals surface area contributed by atoms with Gasteiger partial charge in [0.05, 0.1) is 12.2 Å². The molecule has 0 aromatic rings. The molecule has 0 saturated heterocycles. The molecule has 0 radical (unpaired) electrons. The molecular formula is C40H56O2. The number of allylic oxidation sites excluding steroid dienone is 22. The summed E-state index contributed by atoms with van der Waals surface area (Å²) < 4.78 is 0. The van der Waals surface area contributed by atoms with Crippen LogP contribution in [0.3, 0.4) is 0 Å². The van der Waals surface area contributed by atoms with Crippen molar-refractivity contribution in [1.29, 1.82) is 0 Å². The zero-order chi connectivity index (χ0) is 31.9. The molecule has 2 heteroatoms. The van der Waals surface area contributed by atoms with E-state index >= 15 is 0 Å². The summed E-state index contributed by atoms with van der Waals surface area (Å²) in [5.74, 6) is 0. The molecule has 2 unspecified atom stereocenters. The van der Waals surface area contributed by atoms with Gasteiger partial charge >= 0.3 is 0 Å². The van der Waals surface area contributed by atoms with Crippen molar-refractivity contribution in [2.45, 2.75) is 94.3 Å². The molecule has 0 spiro atoms. The standard InChI is InChI=1S/C40H56O2/c1-31(2)27-39(41)29-37(9)25-15-23-35(7)21-13-19-33(5)17-11-12-18-34(6)20-14-22-36(8)24-16-26-38(10)30-40(42)28-32(3)4/h11-28,39-42H,29-30H2,1-10H3/b12-11+,19-13+,20-14+,23-15+,24-16+,33-17+,34-18+,35-21+,36-22+,37-25+,38-26+. The van der Waals surface area contributed by atoms with Crippen LogP contribution in [0.2, 0.25) is 0 Å². The van der Waals surface area contributed by atoms with Crippen molar-refractivity contribution in [2.24, 2.45) is 0 Å². The fourth-order valence-corrected chi connectivity index (χ4v) is 3.75. The minimum atomic E-state index is -0.420. The van der Waals surface area contributed by atoms with Gasteiger partial charge in [-0.15, -0.1) is 0 Å². The molecule has 42 heavy (non-hydrogen) atoms. The highest BCUT2D eigenvalue weighted by Gasteiger charge is 2.00. The van der Waals surface area contributed by atoms with Crippen molar-refractivity contribution in [3.63, 3.8) is 0 Å². The quantitative estimate of drug-likeness (QED) is 0.144. The molecule has 2 N–H and O–H groups in total. The normalized spacial score (nSPS) is 16.5. The minimum absolute atomic E-state index is 0.420. The van der Waals surface area contributed by atoms with Gasteiger partial charge in [0.15, 0.2) is 0 Å². The van der Waals surface area contributed by atoms with Crippen LogP contribution in [0, 0.1) is 0 Å². The first-order chi connectivity index (χ1) is 19.8. The Hall–Kier alpha value is -3.46. The second-order valence-electron chi connectivity index (χ2n) is 11.5. The fourth-order valence-electron chi connectivity index (χ4n) is 3.75. The first-order valence-electron chi connectivity index (χ1n) is 14.8. The van der Waals surface area contributed by atoms with E-state index in [2.05, 4.69) is 113 Å². The molecule has 0 fully saturated rings. The monoisotopic (exact) mass is 568 g/mol. The smallest absolute Gasteiger partial charge is 0.0760 e. The lowest BCUT2D eigenvalue weighted by molar-refractivity contribution is 0.222. The van der Waals surface area contributed by atoms with E-state index in [1.54, 1.807) is 0 Å². The lowest BCUT2D eigenvalue weighted by Gasteiger charge is -2.06. The van der Waals surface area contributed by atoms with Gasteiger partial charge in [0.1, 0.15) is 0 Å². The number of aliphatic hydroxyl groups excluding tert-OH is 2. The maximum Gasteiger partial charge on any atom is 0.0760 e. The third-order valence-electron chi connectivity index (χ3n) is 5.86. The summed E-state index contributed by atoms with van der Waals surface area (Å²) in [7, 11) is 0. The van der Waals surface area contributed by atoms with Crippen LogP contribution in [0.15, 0.2) is 154 Å². The Morgan fingerprint density at radius 1 is 0.405 bits per heavy atom. The van der Waals surface area contributed by atoms with E-state index in [1.807, 2.05) is 65.8 Å². The summed E-state index contributed by atoms with van der Waals surface area (Å²) in [6.45, 7) is 20.4. The molecule has 2 atom stereocenters. The molecule has 0 aromatic heterocycles. The summed E-state index contributed by atoms with van der Waals surface area (Å²) in [4.78, 5) is 0. The maximum atomic E-state index is 10.0. The van der Waals surface area contributed by atoms with Crippen molar-refractivity contribution < 1.29 is 10.2 Å². The minimum Gasteiger partial charge on any atom is -0.389 e. The second-order valence-corrected chi connectivity index (χ2v) is 11.5. The van der Waals surface area contributed by atoms with Gasteiger partial charge in [-0.05, 0) is 82.1 Å². The van der Waals surface area contributed by atoms with E-state index < -0.39 is 12.2 Å². The van der Waals surface area contributed by atoms with E-state index in [4.69, 9.17) is 0 Å². The van der Waals surface area contributed by atoms with E-state index in [1.165, 1.54) is 11.1 Å². The predicted octanol–water partition coefficient (Wildman–Crippen LogP) is 10.9. The van der Waals surface area contributed by atoms with Gasteiger partial charge in [0.25, 0.3) is 0 Å². The second kappa shape index (κ2) is 23.1. The lowest BCUT2D eigenvalue weighted by atomic mass is 10.1. The van der Waals surface area contributed by atoms with Crippen LogP contribution >= 0.6 is 0 Å². The molecule has 0 rings (SSSR count). The van der Waals surface area contributed by atoms with E-state index in [-0.39, 0.29) is 0 Å². The van der Waals surface area contributed by atoms with Crippen LogP contribution in [0.25, 0.3) is 0 Å². The predicted molar refractivity (Wildman–Crippen MR) is 188 cm³/mol. The molecule has 0 aromatic carbocycles.